The molecule has 0 radical (unpaired) electrons. The Balaban J connectivity index is 2.42. The van der Waals surface area contributed by atoms with E-state index in [0.717, 1.165) is 11.3 Å². The van der Waals surface area contributed by atoms with Crippen LogP contribution in [0.15, 0.2) is 34.9 Å². The van der Waals surface area contributed by atoms with Crippen LogP contribution in [0, 0.1) is 13.8 Å². The second kappa shape index (κ2) is 5.08. The third-order valence-corrected chi connectivity index (χ3v) is 2.67. The molecule has 0 amide bonds. The fourth-order valence-electron chi connectivity index (χ4n) is 1.82. The first-order chi connectivity index (χ1) is 8.61. The molecule has 1 aromatic heterocycles. The van der Waals surface area contributed by atoms with Crippen LogP contribution in [0.1, 0.15) is 34.2 Å². The average molecular weight is 244 g/mol. The van der Waals surface area contributed by atoms with Crippen molar-refractivity contribution in [3.05, 3.63) is 53.0 Å². The van der Waals surface area contributed by atoms with Crippen LogP contribution < -0.4 is 4.74 Å². The molecule has 1 aromatic carbocycles. The van der Waals surface area contributed by atoms with Crippen molar-refractivity contribution in [3.8, 4) is 5.75 Å². The van der Waals surface area contributed by atoms with Crippen LogP contribution in [-0.4, -0.2) is 12.4 Å². The van der Waals surface area contributed by atoms with E-state index in [-0.39, 0.29) is 5.78 Å². The van der Waals surface area contributed by atoms with Gasteiger partial charge in [0.1, 0.15) is 17.8 Å². The van der Waals surface area contributed by atoms with Gasteiger partial charge in [-0.1, -0.05) is 11.6 Å². The van der Waals surface area contributed by atoms with Gasteiger partial charge in [-0.25, -0.2) is 0 Å². The fourth-order valence-corrected chi connectivity index (χ4v) is 1.82. The lowest BCUT2D eigenvalue weighted by atomic mass is 10.0. The summed E-state index contributed by atoms with van der Waals surface area (Å²) in [6.45, 7) is 6.20. The van der Waals surface area contributed by atoms with Crippen molar-refractivity contribution < 1.29 is 13.9 Å². The van der Waals surface area contributed by atoms with E-state index in [2.05, 4.69) is 0 Å². The van der Waals surface area contributed by atoms with Crippen LogP contribution in [0.25, 0.3) is 0 Å². The number of carbonyl (C=O) groups is 1. The first-order valence-electron chi connectivity index (χ1n) is 5.95. The van der Waals surface area contributed by atoms with Crippen LogP contribution in [0.5, 0.6) is 5.75 Å². The van der Waals surface area contributed by atoms with Gasteiger partial charge in [0.25, 0.3) is 0 Å². The van der Waals surface area contributed by atoms with Gasteiger partial charge in [0.2, 0.25) is 0 Å². The van der Waals surface area contributed by atoms with Gasteiger partial charge in [-0.3, -0.25) is 4.79 Å². The quantitative estimate of drug-likeness (QED) is 0.772. The monoisotopic (exact) mass is 244 g/mol. The van der Waals surface area contributed by atoms with Crippen LogP contribution in [0.3, 0.4) is 0 Å². The summed E-state index contributed by atoms with van der Waals surface area (Å²) >= 11 is 0. The molecule has 94 valence electrons. The van der Waals surface area contributed by atoms with Crippen molar-refractivity contribution in [2.45, 2.75) is 20.8 Å². The van der Waals surface area contributed by atoms with E-state index >= 15 is 0 Å². The van der Waals surface area contributed by atoms with Crippen molar-refractivity contribution in [2.75, 3.05) is 6.61 Å². The summed E-state index contributed by atoms with van der Waals surface area (Å²) in [6, 6.07) is 7.34. The zero-order valence-corrected chi connectivity index (χ0v) is 10.8. The van der Waals surface area contributed by atoms with Crippen molar-refractivity contribution in [1.29, 1.82) is 0 Å². The number of aryl methyl sites for hydroxylation is 2. The minimum Gasteiger partial charge on any atom is -0.493 e. The highest BCUT2D eigenvalue weighted by Crippen LogP contribution is 2.24. The summed E-state index contributed by atoms with van der Waals surface area (Å²) in [5.41, 5.74) is 2.17. The molecule has 2 rings (SSSR count). The molecule has 0 spiro atoms. The van der Waals surface area contributed by atoms with Gasteiger partial charge in [0, 0.05) is 0 Å². The molecule has 3 nitrogen and oxygen atoms in total. The molecule has 0 aliphatic carbocycles. The SMILES string of the molecule is CCOc1ccc(C)cc1C(=O)c1coc(C)c1. The Bertz CT molecular complexity index is 567. The second-order valence-electron chi connectivity index (χ2n) is 4.21. The van der Waals surface area contributed by atoms with Crippen molar-refractivity contribution in [2.24, 2.45) is 0 Å². The van der Waals surface area contributed by atoms with E-state index in [1.54, 1.807) is 6.07 Å². The largest absolute Gasteiger partial charge is 0.493 e. The molecule has 0 bridgehead atoms. The van der Waals surface area contributed by atoms with E-state index in [1.165, 1.54) is 6.26 Å². The summed E-state index contributed by atoms with van der Waals surface area (Å²) < 4.78 is 10.7. The molecular formula is C15H16O3. The topological polar surface area (TPSA) is 39.4 Å². The minimum absolute atomic E-state index is 0.0704. The third-order valence-electron chi connectivity index (χ3n) is 2.67. The molecule has 0 aliphatic rings. The number of hydrogen-bond donors (Lipinski definition) is 0. The van der Waals surface area contributed by atoms with E-state index in [9.17, 15) is 4.79 Å². The standard InChI is InChI=1S/C15H16O3/c1-4-17-14-6-5-10(2)7-13(14)15(16)12-8-11(3)18-9-12/h5-9H,4H2,1-3H3. The lowest BCUT2D eigenvalue weighted by Gasteiger charge is -2.09. The summed E-state index contributed by atoms with van der Waals surface area (Å²) in [4.78, 5) is 12.4. The summed E-state index contributed by atoms with van der Waals surface area (Å²) in [7, 11) is 0. The Morgan fingerprint density at radius 1 is 1.28 bits per heavy atom. The molecule has 0 fully saturated rings. The van der Waals surface area contributed by atoms with E-state index < -0.39 is 0 Å². The zero-order chi connectivity index (χ0) is 13.1. The highest BCUT2D eigenvalue weighted by molar-refractivity contribution is 6.10. The third kappa shape index (κ3) is 2.45. The number of carbonyl (C=O) groups excluding carboxylic acids is 1. The molecule has 1 heterocycles. The number of furan rings is 1. The lowest BCUT2D eigenvalue weighted by molar-refractivity contribution is 0.103. The van der Waals surface area contributed by atoms with Crippen molar-refractivity contribution in [1.82, 2.24) is 0 Å². The van der Waals surface area contributed by atoms with E-state index in [0.29, 0.717) is 23.5 Å². The number of ketones is 1. The van der Waals surface area contributed by atoms with Crippen molar-refractivity contribution >= 4 is 5.78 Å². The molecule has 0 saturated heterocycles. The highest BCUT2D eigenvalue weighted by atomic mass is 16.5. The second-order valence-corrected chi connectivity index (χ2v) is 4.21. The molecule has 0 N–H and O–H groups in total. The van der Waals surface area contributed by atoms with Crippen molar-refractivity contribution in [3.63, 3.8) is 0 Å². The Morgan fingerprint density at radius 2 is 2.06 bits per heavy atom. The molecule has 18 heavy (non-hydrogen) atoms. The Hall–Kier alpha value is -2.03. The minimum atomic E-state index is -0.0704. The fraction of sp³-hybridized carbons (Fsp3) is 0.267. The predicted molar refractivity (Wildman–Crippen MR) is 69.2 cm³/mol. The van der Waals surface area contributed by atoms with Gasteiger partial charge in [-0.05, 0) is 39.0 Å². The van der Waals surface area contributed by atoms with E-state index in [4.69, 9.17) is 9.15 Å². The molecule has 0 saturated carbocycles. The predicted octanol–water partition coefficient (Wildman–Crippen LogP) is 3.53. The Morgan fingerprint density at radius 3 is 2.67 bits per heavy atom. The first kappa shape index (κ1) is 12.4. The maximum Gasteiger partial charge on any atom is 0.199 e. The normalized spacial score (nSPS) is 10.4. The zero-order valence-electron chi connectivity index (χ0n) is 10.8. The summed E-state index contributed by atoms with van der Waals surface area (Å²) in [5.74, 6) is 1.27. The van der Waals surface area contributed by atoms with Gasteiger partial charge >= 0.3 is 0 Å². The van der Waals surface area contributed by atoms with Gasteiger partial charge in [-0.15, -0.1) is 0 Å². The van der Waals surface area contributed by atoms with Gasteiger partial charge < -0.3 is 9.15 Å². The average Bonchev–Trinajstić information content (AvgIpc) is 2.77. The number of ether oxygens (including phenoxy) is 1. The van der Waals surface area contributed by atoms with Gasteiger partial charge in [0.15, 0.2) is 5.78 Å². The lowest BCUT2D eigenvalue weighted by Crippen LogP contribution is -2.05. The molecule has 0 unspecified atom stereocenters. The highest BCUT2D eigenvalue weighted by Gasteiger charge is 2.16. The van der Waals surface area contributed by atoms with E-state index in [1.807, 2.05) is 39.0 Å². The molecule has 3 heteroatoms. The van der Waals surface area contributed by atoms with Gasteiger partial charge in [0.05, 0.1) is 17.7 Å². The number of benzene rings is 1. The van der Waals surface area contributed by atoms with Crippen LogP contribution >= 0.6 is 0 Å². The number of hydrogen-bond acceptors (Lipinski definition) is 3. The van der Waals surface area contributed by atoms with Crippen LogP contribution in [-0.2, 0) is 0 Å². The van der Waals surface area contributed by atoms with Crippen LogP contribution in [0.4, 0.5) is 0 Å². The van der Waals surface area contributed by atoms with Gasteiger partial charge in [-0.2, -0.15) is 0 Å². The Kier molecular flexibility index (Phi) is 3.51. The van der Waals surface area contributed by atoms with Crippen LogP contribution in [0.2, 0.25) is 0 Å². The maximum atomic E-state index is 12.4. The maximum absolute atomic E-state index is 12.4. The molecule has 0 atom stereocenters. The Labute approximate surface area is 106 Å². The number of rotatable bonds is 4. The summed E-state index contributed by atoms with van der Waals surface area (Å²) in [6.07, 6.45) is 1.48. The molecular weight excluding hydrogens is 228 g/mol. The smallest absolute Gasteiger partial charge is 0.199 e. The molecule has 0 aliphatic heterocycles. The molecule has 2 aromatic rings. The first-order valence-corrected chi connectivity index (χ1v) is 5.95. The summed E-state index contributed by atoms with van der Waals surface area (Å²) in [5, 5.41) is 0.